The van der Waals surface area contributed by atoms with Crippen molar-refractivity contribution < 1.29 is 0 Å². The van der Waals surface area contributed by atoms with E-state index >= 15 is 0 Å². The van der Waals surface area contributed by atoms with Crippen LogP contribution in [0.15, 0.2) is 0 Å². The minimum atomic E-state index is 0.947. The molecule has 0 spiro atoms. The Kier molecular flexibility index (Phi) is 1.42. The quantitative estimate of drug-likeness (QED) is 0.471. The molecule has 0 aromatic heterocycles. The number of rotatable bonds is 0. The summed E-state index contributed by atoms with van der Waals surface area (Å²) in [6, 6.07) is 0. The molecule has 1 nitrogen and oxygen atoms in total. The molecule has 1 saturated carbocycles. The van der Waals surface area contributed by atoms with Crippen molar-refractivity contribution in [3.05, 3.63) is 0 Å². The van der Waals surface area contributed by atoms with Gasteiger partial charge in [0.05, 0.1) is 0 Å². The summed E-state index contributed by atoms with van der Waals surface area (Å²) in [6.45, 7) is 2.29. The fraction of sp³-hybridized carbons (Fsp3) is 1.00. The SMILES string of the molecule is ClN1CC2CCCC2C1. The summed E-state index contributed by atoms with van der Waals surface area (Å²) < 4.78 is 1.95. The molecule has 2 aliphatic rings. The molecule has 1 heterocycles. The van der Waals surface area contributed by atoms with Crippen LogP contribution in [-0.4, -0.2) is 17.5 Å². The Balaban J connectivity index is 2.02. The molecule has 52 valence electrons. The summed E-state index contributed by atoms with van der Waals surface area (Å²) in [5.74, 6) is 1.89. The van der Waals surface area contributed by atoms with Crippen LogP contribution in [0.2, 0.25) is 0 Å². The molecule has 1 aliphatic heterocycles. The van der Waals surface area contributed by atoms with Crippen molar-refractivity contribution in [1.29, 1.82) is 0 Å². The lowest BCUT2D eigenvalue weighted by Gasteiger charge is -2.02. The highest BCUT2D eigenvalue weighted by Gasteiger charge is 2.35. The standard InChI is InChI=1S/C7H12ClN/c8-9-4-6-2-1-3-7(6)5-9/h6-7H,1-5H2. The van der Waals surface area contributed by atoms with E-state index in [1.165, 1.54) is 19.3 Å². The molecular weight excluding hydrogens is 134 g/mol. The van der Waals surface area contributed by atoms with Crippen molar-refractivity contribution in [3.8, 4) is 0 Å². The van der Waals surface area contributed by atoms with Gasteiger partial charge in [0.2, 0.25) is 0 Å². The van der Waals surface area contributed by atoms with Crippen LogP contribution in [0.3, 0.4) is 0 Å². The lowest BCUT2D eigenvalue weighted by molar-refractivity contribution is 0.494. The minimum Gasteiger partial charge on any atom is -0.220 e. The first-order chi connectivity index (χ1) is 4.36. The lowest BCUT2D eigenvalue weighted by atomic mass is 10.0. The molecule has 9 heavy (non-hydrogen) atoms. The second-order valence-electron chi connectivity index (χ2n) is 3.28. The van der Waals surface area contributed by atoms with Gasteiger partial charge in [-0.2, -0.15) is 0 Å². The molecular formula is C7H12ClN. The molecule has 0 aromatic carbocycles. The van der Waals surface area contributed by atoms with E-state index in [0.29, 0.717) is 0 Å². The summed E-state index contributed by atoms with van der Waals surface area (Å²) in [6.07, 6.45) is 4.29. The molecule has 1 aliphatic carbocycles. The zero-order valence-electron chi connectivity index (χ0n) is 5.52. The predicted octanol–water partition coefficient (Wildman–Crippen LogP) is 1.87. The summed E-state index contributed by atoms with van der Waals surface area (Å²) in [4.78, 5) is 0. The van der Waals surface area contributed by atoms with Crippen molar-refractivity contribution in [2.24, 2.45) is 11.8 Å². The maximum Gasteiger partial charge on any atom is 0.0170 e. The van der Waals surface area contributed by atoms with Gasteiger partial charge < -0.3 is 0 Å². The minimum absolute atomic E-state index is 0.947. The summed E-state index contributed by atoms with van der Waals surface area (Å²) in [5.41, 5.74) is 0. The molecule has 0 N–H and O–H groups in total. The summed E-state index contributed by atoms with van der Waals surface area (Å²) in [7, 11) is 0. The largest absolute Gasteiger partial charge is 0.220 e. The highest BCUT2D eigenvalue weighted by molar-refractivity contribution is 6.13. The van der Waals surface area contributed by atoms with Crippen LogP contribution < -0.4 is 0 Å². The van der Waals surface area contributed by atoms with Crippen LogP contribution in [-0.2, 0) is 0 Å². The van der Waals surface area contributed by atoms with E-state index in [1.54, 1.807) is 0 Å². The number of hydrogen-bond donors (Lipinski definition) is 0. The van der Waals surface area contributed by atoms with Gasteiger partial charge in [0.25, 0.3) is 0 Å². The van der Waals surface area contributed by atoms with E-state index in [2.05, 4.69) is 0 Å². The van der Waals surface area contributed by atoms with Gasteiger partial charge in [-0.15, -0.1) is 0 Å². The highest BCUT2D eigenvalue weighted by Crippen LogP contribution is 2.38. The summed E-state index contributed by atoms with van der Waals surface area (Å²) >= 11 is 5.85. The maximum absolute atomic E-state index is 5.85. The van der Waals surface area contributed by atoms with Crippen molar-refractivity contribution in [1.82, 2.24) is 4.42 Å². The van der Waals surface area contributed by atoms with Crippen LogP contribution in [0, 0.1) is 11.8 Å². The first-order valence-electron chi connectivity index (χ1n) is 3.77. The van der Waals surface area contributed by atoms with Crippen molar-refractivity contribution in [2.45, 2.75) is 19.3 Å². The Labute approximate surface area is 61.1 Å². The molecule has 2 rings (SSSR count). The average molecular weight is 146 g/mol. The Morgan fingerprint density at radius 1 is 1.11 bits per heavy atom. The van der Waals surface area contributed by atoms with Crippen LogP contribution in [0.5, 0.6) is 0 Å². The van der Waals surface area contributed by atoms with Crippen LogP contribution in [0.4, 0.5) is 0 Å². The van der Waals surface area contributed by atoms with Crippen molar-refractivity contribution in [3.63, 3.8) is 0 Å². The average Bonchev–Trinajstić information content (AvgIpc) is 2.22. The number of nitrogens with zero attached hydrogens (tertiary/aromatic N) is 1. The van der Waals surface area contributed by atoms with E-state index in [4.69, 9.17) is 11.8 Å². The zero-order chi connectivity index (χ0) is 6.27. The van der Waals surface area contributed by atoms with Gasteiger partial charge in [-0.1, -0.05) is 6.42 Å². The third kappa shape index (κ3) is 0.968. The maximum atomic E-state index is 5.85. The molecule has 0 radical (unpaired) electrons. The van der Waals surface area contributed by atoms with Crippen LogP contribution >= 0.6 is 11.8 Å². The molecule has 1 saturated heterocycles. The summed E-state index contributed by atoms with van der Waals surface area (Å²) in [5, 5.41) is 0. The molecule has 2 fully saturated rings. The third-order valence-corrected chi connectivity index (χ3v) is 2.96. The lowest BCUT2D eigenvalue weighted by Crippen LogP contribution is -2.07. The molecule has 2 unspecified atom stereocenters. The van der Waals surface area contributed by atoms with Gasteiger partial charge >= 0.3 is 0 Å². The monoisotopic (exact) mass is 145 g/mol. The normalized spacial score (nSPS) is 43.7. The van der Waals surface area contributed by atoms with E-state index in [1.807, 2.05) is 4.42 Å². The number of hydrogen-bond acceptors (Lipinski definition) is 1. The number of halogens is 1. The van der Waals surface area contributed by atoms with Crippen molar-refractivity contribution in [2.75, 3.05) is 13.1 Å². The first-order valence-corrected chi connectivity index (χ1v) is 4.11. The van der Waals surface area contributed by atoms with E-state index in [-0.39, 0.29) is 0 Å². The van der Waals surface area contributed by atoms with Crippen LogP contribution in [0.1, 0.15) is 19.3 Å². The zero-order valence-corrected chi connectivity index (χ0v) is 6.27. The molecule has 0 aromatic rings. The van der Waals surface area contributed by atoms with E-state index in [0.717, 1.165) is 24.9 Å². The smallest absolute Gasteiger partial charge is 0.0170 e. The van der Waals surface area contributed by atoms with Gasteiger partial charge in [-0.3, -0.25) is 0 Å². The second-order valence-corrected chi connectivity index (χ2v) is 3.76. The third-order valence-electron chi connectivity index (χ3n) is 2.68. The number of fused-ring (bicyclic) bond motifs is 1. The fourth-order valence-corrected chi connectivity index (χ4v) is 2.53. The van der Waals surface area contributed by atoms with E-state index in [9.17, 15) is 0 Å². The van der Waals surface area contributed by atoms with Gasteiger partial charge in [-0.25, -0.2) is 4.42 Å². The molecule has 2 heteroatoms. The Morgan fingerprint density at radius 3 is 2.22 bits per heavy atom. The van der Waals surface area contributed by atoms with Gasteiger partial charge in [0.1, 0.15) is 0 Å². The molecule has 0 amide bonds. The van der Waals surface area contributed by atoms with Gasteiger partial charge in [-0.05, 0) is 36.5 Å². The molecule has 2 atom stereocenters. The van der Waals surface area contributed by atoms with Gasteiger partial charge in [0, 0.05) is 13.1 Å². The Morgan fingerprint density at radius 2 is 1.67 bits per heavy atom. The fourth-order valence-electron chi connectivity index (χ4n) is 2.18. The highest BCUT2D eigenvalue weighted by atomic mass is 35.5. The van der Waals surface area contributed by atoms with Crippen LogP contribution in [0.25, 0.3) is 0 Å². The Hall–Kier alpha value is 0.250. The second kappa shape index (κ2) is 2.14. The first kappa shape index (κ1) is 5.99. The topological polar surface area (TPSA) is 3.24 Å². The predicted molar refractivity (Wildman–Crippen MR) is 38.3 cm³/mol. The van der Waals surface area contributed by atoms with Crippen molar-refractivity contribution >= 4 is 11.8 Å². The van der Waals surface area contributed by atoms with E-state index < -0.39 is 0 Å². The van der Waals surface area contributed by atoms with Gasteiger partial charge in [0.15, 0.2) is 0 Å². The molecule has 0 bridgehead atoms. The Bertz CT molecular complexity index is 103.